The molecule has 0 bridgehead atoms. The van der Waals surface area contributed by atoms with Crippen molar-refractivity contribution in [2.24, 2.45) is 5.92 Å². The van der Waals surface area contributed by atoms with Crippen molar-refractivity contribution in [3.63, 3.8) is 0 Å². The van der Waals surface area contributed by atoms with Crippen LogP contribution in [0.15, 0.2) is 108 Å². The molecule has 13 nitrogen and oxygen atoms in total. The molecule has 1 fully saturated rings. The molecule has 1 amide bonds. The van der Waals surface area contributed by atoms with Crippen LogP contribution in [0.2, 0.25) is 5.02 Å². The summed E-state index contributed by atoms with van der Waals surface area (Å²) in [4.78, 5) is 13.3. The lowest BCUT2D eigenvalue weighted by molar-refractivity contribution is 0.0699. The summed E-state index contributed by atoms with van der Waals surface area (Å²) in [6, 6.07) is 30.0. The van der Waals surface area contributed by atoms with Crippen molar-refractivity contribution >= 4 is 50.3 Å². The van der Waals surface area contributed by atoms with Crippen LogP contribution in [0, 0.1) is 11.1 Å². The van der Waals surface area contributed by atoms with E-state index in [2.05, 4.69) is 38.1 Å². The topological polar surface area (TPSA) is 176 Å². The average Bonchev–Trinajstić information content (AvgIpc) is 3.69. The van der Waals surface area contributed by atoms with Gasteiger partial charge in [-0.1, -0.05) is 48.0 Å². The van der Waals surface area contributed by atoms with E-state index in [0.717, 1.165) is 59.8 Å². The minimum Gasteiger partial charge on any atom is -0.733 e. The molecule has 15 heteroatoms. The van der Waals surface area contributed by atoms with Crippen LogP contribution in [0.3, 0.4) is 0 Å². The van der Waals surface area contributed by atoms with Crippen molar-refractivity contribution < 1.29 is 27.9 Å². The lowest BCUT2D eigenvalue weighted by Gasteiger charge is -2.27. The summed E-state index contributed by atoms with van der Waals surface area (Å²) in [5.74, 6) is -0.0188. The van der Waals surface area contributed by atoms with Gasteiger partial charge in [0, 0.05) is 68.4 Å². The lowest BCUT2D eigenvalue weighted by atomic mass is 10.00. The lowest BCUT2D eigenvalue weighted by Crippen LogP contribution is -2.31. The van der Waals surface area contributed by atoms with E-state index in [4.69, 9.17) is 21.1 Å². The first-order valence-corrected chi connectivity index (χ1v) is 20.7. The number of halogens is 1. The zero-order chi connectivity index (χ0) is 39.8. The van der Waals surface area contributed by atoms with Crippen molar-refractivity contribution in [3.05, 3.63) is 130 Å². The average molecular weight is 812 g/mol. The number of rotatable bonds is 16. The first-order chi connectivity index (χ1) is 27.6. The van der Waals surface area contributed by atoms with E-state index in [0.29, 0.717) is 61.8 Å². The Balaban J connectivity index is 1.04. The van der Waals surface area contributed by atoms with Crippen molar-refractivity contribution in [2.75, 3.05) is 60.6 Å². The summed E-state index contributed by atoms with van der Waals surface area (Å²) in [5, 5.41) is 35.5. The van der Waals surface area contributed by atoms with Crippen LogP contribution in [0.4, 0.5) is 22.7 Å². The number of hydrogen-bond donors (Lipinski definition) is 6. The van der Waals surface area contributed by atoms with Crippen molar-refractivity contribution in [2.45, 2.75) is 30.7 Å². The van der Waals surface area contributed by atoms with Gasteiger partial charge in [-0.3, -0.25) is 10.0 Å². The van der Waals surface area contributed by atoms with E-state index >= 15 is 0 Å². The maximum atomic E-state index is 13.7. The summed E-state index contributed by atoms with van der Waals surface area (Å²) in [6.45, 7) is 4.39. The number of carbonyl (C=O) groups excluding carboxylic acids is 1. The molecule has 0 atom stereocenters. The minimum absolute atomic E-state index is 0.0257. The van der Waals surface area contributed by atoms with E-state index in [1.807, 2.05) is 48.5 Å². The van der Waals surface area contributed by atoms with Gasteiger partial charge in [0.2, 0.25) is 0 Å². The molecule has 5 aromatic rings. The summed E-state index contributed by atoms with van der Waals surface area (Å²) < 4.78 is 40.9. The molecule has 0 aromatic heterocycles. The van der Waals surface area contributed by atoms with Gasteiger partial charge in [-0.25, -0.2) is 13.1 Å². The SMILES string of the molecule is O=C(NS(=O)(=O)c1ccc(NCC2CCOCC2)c(N([O-])O)c1)c1ccc(NCCNCc2ccccc2-c2ccc(Cl)cc2)cc1Oc1ccc2c(c1)CCN2. The first kappa shape index (κ1) is 39.9. The predicted molar refractivity (Wildman–Crippen MR) is 223 cm³/mol. The molecule has 2 aliphatic heterocycles. The molecular weight excluding hydrogens is 768 g/mol. The number of nitrogens with one attached hydrogen (secondary N) is 5. The van der Waals surface area contributed by atoms with Gasteiger partial charge in [-0.2, -0.15) is 0 Å². The standard InChI is InChI=1S/C42H44ClN6O7S/c43-32-7-5-29(6-8-32)36-4-2-1-3-31(36)27-44-19-20-45-33-9-12-37(41(24-33)56-34-10-13-38-30(23-34)15-18-46-38)42(50)48-57(53,54)35-11-14-39(40(25-35)49(51)52)47-26-28-16-21-55-22-17-28/h1-14,23-25,28,44-47,51H,15-22,26-27H2,(H,48,50)/q-1. The molecule has 5 aromatic carbocycles. The second-order valence-corrected chi connectivity index (χ2v) is 16.0. The largest absolute Gasteiger partial charge is 0.733 e. The van der Waals surface area contributed by atoms with Crippen molar-refractivity contribution in [3.8, 4) is 22.6 Å². The second-order valence-electron chi connectivity index (χ2n) is 13.9. The maximum Gasteiger partial charge on any atom is 0.268 e. The molecule has 6 N–H and O–H groups in total. The van der Waals surface area contributed by atoms with Crippen molar-refractivity contribution in [1.29, 1.82) is 0 Å². The van der Waals surface area contributed by atoms with Gasteiger partial charge >= 0.3 is 0 Å². The Hall–Kier alpha value is -5.35. The number of nitrogens with zero attached hydrogens (tertiary/aromatic N) is 1. The number of hydrogen-bond acceptors (Lipinski definition) is 12. The van der Waals surface area contributed by atoms with Crippen LogP contribution in [0.5, 0.6) is 11.5 Å². The van der Waals surface area contributed by atoms with Crippen LogP contribution in [0.25, 0.3) is 11.1 Å². The Morgan fingerprint density at radius 1 is 0.947 bits per heavy atom. The quantitative estimate of drug-likeness (QED) is 0.0425. The summed E-state index contributed by atoms with van der Waals surface area (Å²) in [6.07, 6.45) is 2.50. The molecule has 0 unspecified atom stereocenters. The van der Waals surface area contributed by atoms with Gasteiger partial charge < -0.3 is 41.2 Å². The highest BCUT2D eigenvalue weighted by atomic mass is 35.5. The minimum atomic E-state index is -4.50. The highest BCUT2D eigenvalue weighted by Gasteiger charge is 2.24. The summed E-state index contributed by atoms with van der Waals surface area (Å²) in [5.41, 5.74) is 5.99. The van der Waals surface area contributed by atoms with Gasteiger partial charge in [-0.05, 0) is 108 Å². The first-order valence-electron chi connectivity index (χ1n) is 18.8. The fourth-order valence-corrected chi connectivity index (χ4v) is 8.02. The van der Waals surface area contributed by atoms with Gasteiger partial charge in [0.1, 0.15) is 11.5 Å². The third-order valence-electron chi connectivity index (χ3n) is 9.99. The molecule has 0 aliphatic carbocycles. The van der Waals surface area contributed by atoms with E-state index in [1.165, 1.54) is 18.2 Å². The molecule has 0 spiro atoms. The number of fused-ring (bicyclic) bond motifs is 1. The second kappa shape index (κ2) is 18.3. The molecule has 2 aliphatic rings. The summed E-state index contributed by atoms with van der Waals surface area (Å²) >= 11 is 6.10. The van der Waals surface area contributed by atoms with Crippen molar-refractivity contribution in [1.82, 2.24) is 10.0 Å². The van der Waals surface area contributed by atoms with Crippen LogP contribution in [0.1, 0.15) is 34.3 Å². The van der Waals surface area contributed by atoms with E-state index in [1.54, 1.807) is 18.2 Å². The van der Waals surface area contributed by atoms with Gasteiger partial charge in [0.05, 0.1) is 21.8 Å². The Morgan fingerprint density at radius 3 is 2.56 bits per heavy atom. The third kappa shape index (κ3) is 10.2. The number of sulfonamides is 1. The Kier molecular flexibility index (Phi) is 12.8. The molecule has 0 radical (unpaired) electrons. The number of benzene rings is 5. The highest BCUT2D eigenvalue weighted by Crippen LogP contribution is 2.34. The van der Waals surface area contributed by atoms with Crippen LogP contribution in [-0.2, 0) is 27.7 Å². The molecule has 7 rings (SSSR count). The van der Waals surface area contributed by atoms with E-state index in [-0.39, 0.29) is 27.6 Å². The third-order valence-corrected chi connectivity index (χ3v) is 11.6. The molecular formula is C42H44ClN6O7S-. The molecule has 0 saturated carbocycles. The summed E-state index contributed by atoms with van der Waals surface area (Å²) in [7, 11) is -4.50. The van der Waals surface area contributed by atoms with E-state index < -0.39 is 21.2 Å². The van der Waals surface area contributed by atoms with E-state index in [9.17, 15) is 23.6 Å². The molecule has 1 saturated heterocycles. The molecule has 298 valence electrons. The van der Waals surface area contributed by atoms with Gasteiger partial charge in [0.15, 0.2) is 0 Å². The van der Waals surface area contributed by atoms with Crippen LogP contribution >= 0.6 is 11.6 Å². The number of amides is 1. The number of carbonyl (C=O) groups is 1. The zero-order valence-corrected chi connectivity index (χ0v) is 32.7. The smallest absolute Gasteiger partial charge is 0.268 e. The maximum absolute atomic E-state index is 13.7. The Labute approximate surface area is 336 Å². The van der Waals surface area contributed by atoms with Crippen LogP contribution in [-0.4, -0.2) is 58.9 Å². The number of ether oxygens (including phenoxy) is 2. The fraction of sp³-hybridized carbons (Fsp3) is 0.262. The fourth-order valence-electron chi connectivity index (χ4n) is 6.91. The normalized spacial score (nSPS) is 14.0. The zero-order valence-electron chi connectivity index (χ0n) is 31.1. The number of anilines is 4. The van der Waals surface area contributed by atoms with Gasteiger partial charge in [0.25, 0.3) is 15.9 Å². The van der Waals surface area contributed by atoms with Crippen LogP contribution < -0.4 is 36.0 Å². The Bertz CT molecular complexity index is 2300. The Morgan fingerprint density at radius 2 is 1.75 bits per heavy atom. The monoisotopic (exact) mass is 811 g/mol. The van der Waals surface area contributed by atoms with Gasteiger partial charge in [-0.15, -0.1) is 0 Å². The molecule has 2 heterocycles. The highest BCUT2D eigenvalue weighted by molar-refractivity contribution is 7.90. The molecule has 57 heavy (non-hydrogen) atoms. The predicted octanol–water partition coefficient (Wildman–Crippen LogP) is 7.62.